The number of nitrogens with zero attached hydrogens (tertiary/aromatic N) is 2. The summed E-state index contributed by atoms with van der Waals surface area (Å²) in [6.07, 6.45) is 6.86. The molecule has 2 aliphatic rings. The van der Waals surface area contributed by atoms with E-state index in [0.717, 1.165) is 30.6 Å². The molecular weight excluding hydrogens is 258 g/mol. The van der Waals surface area contributed by atoms with Crippen molar-refractivity contribution in [2.75, 3.05) is 32.7 Å². The molecule has 0 aromatic rings. The Bertz CT molecular complexity index is 286. The lowest BCUT2D eigenvalue weighted by Gasteiger charge is -2.47. The smallest absolute Gasteiger partial charge is 0.0253 e. The number of hydrogen-bond acceptors (Lipinski definition) is 3. The van der Waals surface area contributed by atoms with E-state index in [1.165, 1.54) is 58.3 Å². The van der Waals surface area contributed by atoms with E-state index in [1.54, 1.807) is 0 Å². The molecule has 0 aromatic carbocycles. The summed E-state index contributed by atoms with van der Waals surface area (Å²) < 4.78 is 0. The van der Waals surface area contributed by atoms with E-state index in [-0.39, 0.29) is 0 Å². The molecule has 0 radical (unpaired) electrons. The molecule has 124 valence electrons. The maximum absolute atomic E-state index is 3.77. The van der Waals surface area contributed by atoms with Gasteiger partial charge in [0.05, 0.1) is 0 Å². The summed E-state index contributed by atoms with van der Waals surface area (Å²) in [5.41, 5.74) is 0. The Balaban J connectivity index is 1.91. The van der Waals surface area contributed by atoms with Gasteiger partial charge in [-0.2, -0.15) is 0 Å². The molecule has 1 heterocycles. The molecule has 1 saturated carbocycles. The largest absolute Gasteiger partial charge is 0.313 e. The van der Waals surface area contributed by atoms with Gasteiger partial charge in [0.2, 0.25) is 0 Å². The summed E-state index contributed by atoms with van der Waals surface area (Å²) in [6, 6.07) is 2.27. The third kappa shape index (κ3) is 4.43. The van der Waals surface area contributed by atoms with Crippen LogP contribution in [0.2, 0.25) is 0 Å². The molecule has 0 amide bonds. The lowest BCUT2D eigenvalue weighted by Crippen LogP contribution is -2.59. The maximum atomic E-state index is 3.77. The lowest BCUT2D eigenvalue weighted by molar-refractivity contribution is 0.0346. The third-order valence-corrected chi connectivity index (χ3v) is 6.00. The Labute approximate surface area is 132 Å². The van der Waals surface area contributed by atoms with E-state index in [2.05, 4.69) is 42.8 Å². The molecule has 1 aliphatic heterocycles. The highest BCUT2D eigenvalue weighted by atomic mass is 15.3. The van der Waals surface area contributed by atoms with Crippen molar-refractivity contribution in [3.63, 3.8) is 0 Å². The van der Waals surface area contributed by atoms with Gasteiger partial charge < -0.3 is 5.32 Å². The Hall–Kier alpha value is -0.120. The third-order valence-electron chi connectivity index (χ3n) is 6.00. The van der Waals surface area contributed by atoms with Crippen LogP contribution in [0.1, 0.15) is 59.8 Å². The minimum absolute atomic E-state index is 0.730. The maximum Gasteiger partial charge on any atom is 0.0253 e. The van der Waals surface area contributed by atoms with Crippen LogP contribution in [0.5, 0.6) is 0 Å². The van der Waals surface area contributed by atoms with Gasteiger partial charge in [-0.1, -0.05) is 27.2 Å². The van der Waals surface area contributed by atoms with Crippen molar-refractivity contribution in [2.45, 2.75) is 77.9 Å². The first-order chi connectivity index (χ1) is 10.2. The van der Waals surface area contributed by atoms with E-state index in [0.29, 0.717) is 0 Å². The highest BCUT2D eigenvalue weighted by Gasteiger charge is 2.35. The average Bonchev–Trinajstić information content (AvgIpc) is 2.55. The van der Waals surface area contributed by atoms with Crippen LogP contribution in [0.3, 0.4) is 0 Å². The SMILES string of the molecule is CCNC1CCC(CC)CC1N1CCN(C(C)CC)CC1. The molecule has 0 spiro atoms. The molecular formula is C18H37N3. The van der Waals surface area contributed by atoms with E-state index in [9.17, 15) is 0 Å². The van der Waals surface area contributed by atoms with Gasteiger partial charge in [0, 0.05) is 44.3 Å². The fourth-order valence-corrected chi connectivity index (χ4v) is 4.27. The van der Waals surface area contributed by atoms with Gasteiger partial charge in [-0.25, -0.2) is 0 Å². The van der Waals surface area contributed by atoms with Crippen LogP contribution in [0.25, 0.3) is 0 Å². The second-order valence-electron chi connectivity index (χ2n) is 7.15. The zero-order valence-electron chi connectivity index (χ0n) is 14.8. The molecule has 0 bridgehead atoms. The van der Waals surface area contributed by atoms with Crippen LogP contribution < -0.4 is 5.32 Å². The van der Waals surface area contributed by atoms with Crippen molar-refractivity contribution in [1.29, 1.82) is 0 Å². The molecule has 2 fully saturated rings. The second-order valence-corrected chi connectivity index (χ2v) is 7.15. The second kappa shape index (κ2) is 8.50. The predicted octanol–water partition coefficient (Wildman–Crippen LogP) is 2.96. The topological polar surface area (TPSA) is 18.5 Å². The van der Waals surface area contributed by atoms with Crippen molar-refractivity contribution in [1.82, 2.24) is 15.1 Å². The summed E-state index contributed by atoms with van der Waals surface area (Å²) in [6.45, 7) is 15.5. The normalized spacial score (nSPS) is 34.0. The Morgan fingerprint density at radius 3 is 2.33 bits per heavy atom. The lowest BCUT2D eigenvalue weighted by atomic mass is 9.80. The number of rotatable bonds is 6. The number of piperazine rings is 1. The van der Waals surface area contributed by atoms with Gasteiger partial charge in [-0.05, 0) is 45.1 Å². The van der Waals surface area contributed by atoms with Gasteiger partial charge in [0.1, 0.15) is 0 Å². The van der Waals surface area contributed by atoms with Crippen molar-refractivity contribution < 1.29 is 0 Å². The van der Waals surface area contributed by atoms with E-state index >= 15 is 0 Å². The van der Waals surface area contributed by atoms with E-state index in [1.807, 2.05) is 0 Å². The summed E-state index contributed by atoms with van der Waals surface area (Å²) in [7, 11) is 0. The summed E-state index contributed by atoms with van der Waals surface area (Å²) in [5.74, 6) is 0.956. The zero-order chi connectivity index (χ0) is 15.2. The van der Waals surface area contributed by atoms with Crippen LogP contribution in [-0.4, -0.2) is 60.6 Å². The molecule has 2 rings (SSSR count). The molecule has 4 unspecified atom stereocenters. The average molecular weight is 296 g/mol. The molecule has 3 heteroatoms. The van der Waals surface area contributed by atoms with Crippen molar-refractivity contribution in [3.05, 3.63) is 0 Å². The number of nitrogens with one attached hydrogen (secondary N) is 1. The van der Waals surface area contributed by atoms with Gasteiger partial charge in [-0.15, -0.1) is 0 Å². The van der Waals surface area contributed by atoms with Crippen LogP contribution in [0.4, 0.5) is 0 Å². The van der Waals surface area contributed by atoms with Crippen LogP contribution in [-0.2, 0) is 0 Å². The van der Waals surface area contributed by atoms with Crippen LogP contribution >= 0.6 is 0 Å². The van der Waals surface area contributed by atoms with Gasteiger partial charge >= 0.3 is 0 Å². The first-order valence-electron chi connectivity index (χ1n) is 9.41. The molecule has 0 aromatic heterocycles. The quantitative estimate of drug-likeness (QED) is 0.813. The van der Waals surface area contributed by atoms with E-state index < -0.39 is 0 Å². The van der Waals surface area contributed by atoms with Gasteiger partial charge in [-0.3, -0.25) is 9.80 Å². The molecule has 1 saturated heterocycles. The van der Waals surface area contributed by atoms with Gasteiger partial charge in [0.25, 0.3) is 0 Å². The fraction of sp³-hybridized carbons (Fsp3) is 1.00. The fourth-order valence-electron chi connectivity index (χ4n) is 4.27. The summed E-state index contributed by atoms with van der Waals surface area (Å²) in [5, 5.41) is 3.77. The van der Waals surface area contributed by atoms with Crippen LogP contribution in [0, 0.1) is 5.92 Å². The number of hydrogen-bond donors (Lipinski definition) is 1. The Morgan fingerprint density at radius 2 is 1.76 bits per heavy atom. The molecule has 21 heavy (non-hydrogen) atoms. The predicted molar refractivity (Wildman–Crippen MR) is 91.8 cm³/mol. The van der Waals surface area contributed by atoms with Crippen molar-refractivity contribution in [3.8, 4) is 0 Å². The minimum atomic E-state index is 0.730. The van der Waals surface area contributed by atoms with Gasteiger partial charge in [0.15, 0.2) is 0 Å². The highest BCUT2D eigenvalue weighted by Crippen LogP contribution is 2.31. The summed E-state index contributed by atoms with van der Waals surface area (Å²) in [4.78, 5) is 5.48. The first kappa shape index (κ1) is 17.2. The van der Waals surface area contributed by atoms with Crippen molar-refractivity contribution in [2.24, 2.45) is 5.92 Å². The molecule has 1 aliphatic carbocycles. The molecule has 3 nitrogen and oxygen atoms in total. The van der Waals surface area contributed by atoms with Crippen molar-refractivity contribution >= 4 is 0 Å². The minimum Gasteiger partial charge on any atom is -0.313 e. The number of likely N-dealkylation sites (N-methyl/N-ethyl adjacent to an activating group) is 1. The monoisotopic (exact) mass is 295 g/mol. The molecule has 1 N–H and O–H groups in total. The highest BCUT2D eigenvalue weighted by molar-refractivity contribution is 4.93. The molecule has 4 atom stereocenters. The van der Waals surface area contributed by atoms with E-state index in [4.69, 9.17) is 0 Å². The first-order valence-corrected chi connectivity index (χ1v) is 9.41. The Morgan fingerprint density at radius 1 is 1.05 bits per heavy atom. The Kier molecular flexibility index (Phi) is 6.97. The summed E-state index contributed by atoms with van der Waals surface area (Å²) >= 11 is 0. The zero-order valence-corrected chi connectivity index (χ0v) is 14.8. The standard InChI is InChI=1S/C18H37N3/c1-5-15(4)20-10-12-21(13-11-20)18-14-16(6-2)8-9-17(18)19-7-3/h15-19H,5-14H2,1-4H3. The van der Waals surface area contributed by atoms with Crippen LogP contribution in [0.15, 0.2) is 0 Å².